The van der Waals surface area contributed by atoms with E-state index in [4.69, 9.17) is 0 Å². The van der Waals surface area contributed by atoms with Gasteiger partial charge >= 0.3 is 0 Å². The van der Waals surface area contributed by atoms with Crippen molar-refractivity contribution in [3.8, 4) is 12.1 Å². The summed E-state index contributed by atoms with van der Waals surface area (Å²) in [6.07, 6.45) is 13.1. The Bertz CT molecular complexity index is 1070. The molecular weight excluding hydrogens is 436 g/mol. The Morgan fingerprint density at radius 3 is 2.46 bits per heavy atom. The van der Waals surface area contributed by atoms with Crippen molar-refractivity contribution in [3.05, 3.63) is 17.5 Å². The fourth-order valence-corrected chi connectivity index (χ4v) is 9.70. The zero-order valence-corrected chi connectivity index (χ0v) is 21.1. The van der Waals surface area contributed by atoms with Crippen molar-refractivity contribution >= 4 is 5.78 Å². The van der Waals surface area contributed by atoms with Crippen LogP contribution in [0.3, 0.4) is 0 Å². The van der Waals surface area contributed by atoms with Crippen LogP contribution in [0.1, 0.15) is 89.3 Å². The van der Waals surface area contributed by atoms with Crippen molar-refractivity contribution in [1.82, 2.24) is 9.78 Å². The molecular formula is C29H38N4O2. The lowest BCUT2D eigenvalue weighted by Gasteiger charge is -2.57. The van der Waals surface area contributed by atoms with Gasteiger partial charge in [0.25, 0.3) is 0 Å². The summed E-state index contributed by atoms with van der Waals surface area (Å²) in [6, 6.07) is 3.99. The van der Waals surface area contributed by atoms with Crippen molar-refractivity contribution in [2.75, 3.05) is 0 Å². The fraction of sp³-hybridized carbons (Fsp3) is 0.793. The molecule has 6 nitrogen and oxygen atoms in total. The molecule has 186 valence electrons. The van der Waals surface area contributed by atoms with Crippen LogP contribution in [0.5, 0.6) is 0 Å². The highest BCUT2D eigenvalue weighted by Gasteiger charge is 2.63. The van der Waals surface area contributed by atoms with Crippen LogP contribution in [0.2, 0.25) is 0 Å². The number of rotatable bonds is 4. The SMILES string of the molecule is C[C@@]1(O)CC[C@H]2[C@H](CC[C@@H]3[C@@H]2CC[C@@]2(C)[C@H]3[C@H](C3CC3)C[C@@H]2C(=O)Cn2cc(C#N)c(C#N)n2)C1. The van der Waals surface area contributed by atoms with Gasteiger partial charge in [-0.2, -0.15) is 15.6 Å². The smallest absolute Gasteiger partial charge is 0.180 e. The summed E-state index contributed by atoms with van der Waals surface area (Å²) in [5, 5.41) is 33.5. The normalized spacial score (nSPS) is 44.4. The first kappa shape index (κ1) is 23.2. The van der Waals surface area contributed by atoms with E-state index >= 15 is 0 Å². The second-order valence-electron chi connectivity index (χ2n) is 13.2. The molecule has 0 saturated heterocycles. The molecule has 0 spiro atoms. The number of nitrogens with zero attached hydrogens (tertiary/aromatic N) is 4. The van der Waals surface area contributed by atoms with Gasteiger partial charge in [-0.05, 0) is 118 Å². The molecule has 9 atom stereocenters. The summed E-state index contributed by atoms with van der Waals surface area (Å²) in [4.78, 5) is 13.8. The van der Waals surface area contributed by atoms with Crippen LogP contribution in [-0.4, -0.2) is 26.3 Å². The summed E-state index contributed by atoms with van der Waals surface area (Å²) in [6.45, 7) is 4.61. The van der Waals surface area contributed by atoms with Gasteiger partial charge in [-0.3, -0.25) is 9.48 Å². The zero-order chi connectivity index (χ0) is 24.5. The molecule has 0 bridgehead atoms. The van der Waals surface area contributed by atoms with Crippen molar-refractivity contribution < 1.29 is 9.90 Å². The minimum atomic E-state index is -0.484. The number of carbonyl (C=O) groups excluding carboxylic acids is 1. The van der Waals surface area contributed by atoms with Gasteiger partial charge in [0.15, 0.2) is 11.5 Å². The largest absolute Gasteiger partial charge is 0.390 e. The molecule has 35 heavy (non-hydrogen) atoms. The van der Waals surface area contributed by atoms with Gasteiger partial charge in [-0.15, -0.1) is 0 Å². The van der Waals surface area contributed by atoms with E-state index in [1.54, 1.807) is 6.20 Å². The van der Waals surface area contributed by atoms with Gasteiger partial charge in [0.2, 0.25) is 0 Å². The van der Waals surface area contributed by atoms with E-state index < -0.39 is 5.60 Å². The van der Waals surface area contributed by atoms with Gasteiger partial charge in [-0.25, -0.2) is 0 Å². The Balaban J connectivity index is 1.25. The van der Waals surface area contributed by atoms with Gasteiger partial charge in [-0.1, -0.05) is 6.92 Å². The molecule has 0 aliphatic heterocycles. The molecule has 5 aliphatic rings. The molecule has 6 rings (SSSR count). The molecule has 0 unspecified atom stereocenters. The highest BCUT2D eigenvalue weighted by atomic mass is 16.3. The molecule has 1 aromatic heterocycles. The van der Waals surface area contributed by atoms with Crippen LogP contribution in [0.15, 0.2) is 6.20 Å². The molecule has 5 fully saturated rings. The van der Waals surface area contributed by atoms with Crippen LogP contribution >= 0.6 is 0 Å². The lowest BCUT2D eigenvalue weighted by molar-refractivity contribution is -0.134. The van der Waals surface area contributed by atoms with E-state index in [0.29, 0.717) is 17.8 Å². The van der Waals surface area contributed by atoms with Gasteiger partial charge in [0.05, 0.1) is 12.1 Å². The van der Waals surface area contributed by atoms with E-state index in [1.807, 2.05) is 19.1 Å². The van der Waals surface area contributed by atoms with Crippen molar-refractivity contribution in [2.45, 2.75) is 90.2 Å². The van der Waals surface area contributed by atoms with Crippen LogP contribution < -0.4 is 0 Å². The summed E-state index contributed by atoms with van der Waals surface area (Å²) in [5.41, 5.74) is -0.0882. The Labute approximate surface area is 208 Å². The van der Waals surface area contributed by atoms with E-state index in [2.05, 4.69) is 12.0 Å². The average molecular weight is 475 g/mol. The molecule has 5 aliphatic carbocycles. The first-order valence-electron chi connectivity index (χ1n) is 13.9. The highest BCUT2D eigenvalue weighted by Crippen LogP contribution is 2.69. The topological polar surface area (TPSA) is 103 Å². The van der Waals surface area contributed by atoms with Crippen molar-refractivity contribution in [1.29, 1.82) is 10.5 Å². The number of carbonyl (C=O) groups is 1. The molecule has 5 saturated carbocycles. The number of aliphatic hydroxyl groups is 1. The van der Waals surface area contributed by atoms with Gasteiger partial charge in [0.1, 0.15) is 17.7 Å². The van der Waals surface area contributed by atoms with Crippen LogP contribution in [0.4, 0.5) is 0 Å². The third-order valence-corrected chi connectivity index (χ3v) is 11.2. The van der Waals surface area contributed by atoms with E-state index in [1.165, 1.54) is 43.2 Å². The molecule has 1 N–H and O–H groups in total. The second kappa shape index (κ2) is 8.17. The Morgan fingerprint density at radius 1 is 1.03 bits per heavy atom. The average Bonchev–Trinajstić information content (AvgIpc) is 3.51. The summed E-state index contributed by atoms with van der Waals surface area (Å²) < 4.78 is 1.52. The van der Waals surface area contributed by atoms with Crippen molar-refractivity contribution in [2.24, 2.45) is 52.8 Å². The van der Waals surface area contributed by atoms with E-state index in [0.717, 1.165) is 49.4 Å². The molecule has 0 aromatic carbocycles. The Kier molecular flexibility index (Phi) is 5.42. The number of nitriles is 2. The maximum atomic E-state index is 13.8. The third kappa shape index (κ3) is 3.75. The number of aromatic nitrogens is 2. The molecule has 0 radical (unpaired) electrons. The third-order valence-electron chi connectivity index (χ3n) is 11.2. The first-order chi connectivity index (χ1) is 16.7. The van der Waals surface area contributed by atoms with E-state index in [9.17, 15) is 20.4 Å². The quantitative estimate of drug-likeness (QED) is 0.672. The monoisotopic (exact) mass is 474 g/mol. The number of ketones is 1. The minimum Gasteiger partial charge on any atom is -0.390 e. The standard InChI is InChI=1S/C29H38N4O2/c1-28(35)9-7-20-18(12-28)5-6-22-21(20)8-10-29(2)24(11-23(27(22)29)17-3-4-17)26(34)16-33-15-19(13-30)25(14-31)32-33/h15,17-18,20-24,27,35H,3-12,16H2,1-2H3/t18-,20+,21-,22-,23+,24-,27-,28-,29-/m1/s1. The zero-order valence-electron chi connectivity index (χ0n) is 21.1. The summed E-state index contributed by atoms with van der Waals surface area (Å²) in [5.74, 6) is 5.28. The first-order valence-corrected chi connectivity index (χ1v) is 13.9. The maximum absolute atomic E-state index is 13.8. The lowest BCUT2D eigenvalue weighted by atomic mass is 9.48. The molecule has 1 heterocycles. The lowest BCUT2D eigenvalue weighted by Crippen LogP contribution is -2.52. The Morgan fingerprint density at radius 2 is 1.77 bits per heavy atom. The van der Waals surface area contributed by atoms with Crippen molar-refractivity contribution in [3.63, 3.8) is 0 Å². The van der Waals surface area contributed by atoms with Gasteiger partial charge < -0.3 is 5.11 Å². The van der Waals surface area contributed by atoms with Crippen LogP contribution in [-0.2, 0) is 11.3 Å². The summed E-state index contributed by atoms with van der Waals surface area (Å²) >= 11 is 0. The fourth-order valence-electron chi connectivity index (χ4n) is 9.70. The predicted octanol–water partition coefficient (Wildman–Crippen LogP) is 4.85. The molecule has 1 aromatic rings. The molecule has 0 amide bonds. The maximum Gasteiger partial charge on any atom is 0.180 e. The van der Waals surface area contributed by atoms with Gasteiger partial charge in [0, 0.05) is 12.1 Å². The number of Topliss-reactive ketones (excluding diaryl/α,β-unsaturated/α-hetero) is 1. The Hall–Kier alpha value is -2.18. The van der Waals surface area contributed by atoms with Crippen LogP contribution in [0.25, 0.3) is 0 Å². The summed E-state index contributed by atoms with van der Waals surface area (Å²) in [7, 11) is 0. The number of hydrogen-bond acceptors (Lipinski definition) is 5. The highest BCUT2D eigenvalue weighted by molar-refractivity contribution is 5.82. The minimum absolute atomic E-state index is 0.0434. The predicted molar refractivity (Wildman–Crippen MR) is 129 cm³/mol. The number of fused-ring (bicyclic) bond motifs is 5. The van der Waals surface area contributed by atoms with Crippen LogP contribution in [0, 0.1) is 75.4 Å². The number of hydrogen-bond donors (Lipinski definition) is 1. The molecule has 6 heteroatoms. The second-order valence-corrected chi connectivity index (χ2v) is 13.2. The van der Waals surface area contributed by atoms with E-state index in [-0.39, 0.29) is 34.9 Å².